The zero-order valence-corrected chi connectivity index (χ0v) is 14.7. The van der Waals surface area contributed by atoms with Gasteiger partial charge in [0, 0.05) is 11.8 Å². The first-order chi connectivity index (χ1) is 13.3. The third-order valence-corrected chi connectivity index (χ3v) is 4.88. The highest BCUT2D eigenvalue weighted by molar-refractivity contribution is 5.91. The Hall–Kier alpha value is -3.28. The van der Waals surface area contributed by atoms with Crippen molar-refractivity contribution in [2.75, 3.05) is 0 Å². The lowest BCUT2D eigenvalue weighted by atomic mass is 10.1. The summed E-state index contributed by atoms with van der Waals surface area (Å²) >= 11 is 0. The van der Waals surface area contributed by atoms with Gasteiger partial charge >= 0.3 is 0 Å². The van der Waals surface area contributed by atoms with Crippen LogP contribution in [0.5, 0.6) is 0 Å². The van der Waals surface area contributed by atoms with Crippen molar-refractivity contribution < 1.29 is 4.52 Å². The number of fused-ring (bicyclic) bond motifs is 1. The second-order valence-electron chi connectivity index (χ2n) is 7.01. The molecule has 1 aliphatic carbocycles. The van der Waals surface area contributed by atoms with Crippen molar-refractivity contribution in [3.63, 3.8) is 0 Å². The van der Waals surface area contributed by atoms with E-state index in [2.05, 4.69) is 15.2 Å². The van der Waals surface area contributed by atoms with E-state index in [1.807, 2.05) is 54.6 Å². The van der Waals surface area contributed by atoms with Crippen molar-refractivity contribution in [3.8, 4) is 11.6 Å². The zero-order chi connectivity index (χ0) is 18.2. The van der Waals surface area contributed by atoms with Crippen molar-refractivity contribution in [1.29, 1.82) is 0 Å². The van der Waals surface area contributed by atoms with Crippen molar-refractivity contribution in [2.24, 2.45) is 5.92 Å². The first-order valence-electron chi connectivity index (χ1n) is 9.14. The molecule has 1 fully saturated rings. The van der Waals surface area contributed by atoms with Crippen molar-refractivity contribution in [3.05, 3.63) is 76.3 Å². The van der Waals surface area contributed by atoms with Crippen LogP contribution >= 0.6 is 0 Å². The van der Waals surface area contributed by atoms with Crippen molar-refractivity contribution in [2.45, 2.75) is 25.8 Å². The van der Waals surface area contributed by atoms with E-state index in [0.29, 0.717) is 35.3 Å². The van der Waals surface area contributed by atoms with Gasteiger partial charge in [-0.05, 0) is 30.4 Å². The van der Waals surface area contributed by atoms with Crippen LogP contribution in [0, 0.1) is 5.92 Å². The standard InChI is InChI=1S/C21H18N4O2/c26-21-17-9-5-4-8-16(17)19(20-22-18(24-27-20)12-14-10-11-14)23-25(21)13-15-6-2-1-3-7-15/h1-9,14H,10-13H2. The molecule has 6 heteroatoms. The van der Waals surface area contributed by atoms with Crippen LogP contribution < -0.4 is 5.56 Å². The van der Waals surface area contributed by atoms with Crippen LogP contribution in [0.2, 0.25) is 0 Å². The second kappa shape index (κ2) is 6.46. The predicted octanol–water partition coefficient (Wildman–Crippen LogP) is 3.45. The molecule has 134 valence electrons. The van der Waals surface area contributed by atoms with Gasteiger partial charge in [0.05, 0.1) is 11.9 Å². The molecule has 0 spiro atoms. The lowest BCUT2D eigenvalue weighted by Gasteiger charge is -2.09. The van der Waals surface area contributed by atoms with E-state index in [1.54, 1.807) is 0 Å². The van der Waals surface area contributed by atoms with Crippen LogP contribution in [0.15, 0.2) is 63.9 Å². The average Bonchev–Trinajstić information content (AvgIpc) is 3.40. The Labute approximate surface area is 155 Å². The Morgan fingerprint density at radius 1 is 1.00 bits per heavy atom. The maximum Gasteiger partial charge on any atom is 0.279 e. The summed E-state index contributed by atoms with van der Waals surface area (Å²) in [5, 5.41) is 10.0. The first kappa shape index (κ1) is 15.9. The fourth-order valence-corrected chi connectivity index (χ4v) is 3.27. The molecule has 5 rings (SSSR count). The third-order valence-electron chi connectivity index (χ3n) is 4.88. The monoisotopic (exact) mass is 358 g/mol. The van der Waals surface area contributed by atoms with E-state index in [-0.39, 0.29) is 5.56 Å². The highest BCUT2D eigenvalue weighted by Gasteiger charge is 2.25. The summed E-state index contributed by atoms with van der Waals surface area (Å²) in [6, 6.07) is 17.2. The molecular formula is C21H18N4O2. The maximum absolute atomic E-state index is 12.9. The summed E-state index contributed by atoms with van der Waals surface area (Å²) in [7, 11) is 0. The quantitative estimate of drug-likeness (QED) is 0.546. The van der Waals surface area contributed by atoms with E-state index >= 15 is 0 Å². The molecule has 2 aromatic heterocycles. The molecule has 1 aliphatic rings. The maximum atomic E-state index is 12.9. The molecule has 0 unspecified atom stereocenters. The SMILES string of the molecule is O=c1c2ccccc2c(-c2nc(CC3CC3)no2)nn1Cc1ccccc1. The summed E-state index contributed by atoms with van der Waals surface area (Å²) < 4.78 is 6.96. The van der Waals surface area contributed by atoms with Crippen molar-refractivity contribution in [1.82, 2.24) is 19.9 Å². The number of hydrogen-bond acceptors (Lipinski definition) is 5. The Kier molecular flexibility index (Phi) is 3.81. The number of benzene rings is 2. The Morgan fingerprint density at radius 3 is 2.52 bits per heavy atom. The number of rotatable bonds is 5. The largest absolute Gasteiger partial charge is 0.332 e. The molecule has 2 aromatic carbocycles. The van der Waals surface area contributed by atoms with Gasteiger partial charge in [-0.3, -0.25) is 4.79 Å². The van der Waals surface area contributed by atoms with E-state index in [9.17, 15) is 4.79 Å². The van der Waals surface area contributed by atoms with E-state index < -0.39 is 0 Å². The van der Waals surface area contributed by atoms with Gasteiger partial charge in [-0.15, -0.1) is 0 Å². The van der Waals surface area contributed by atoms with Crippen LogP contribution in [0.4, 0.5) is 0 Å². The predicted molar refractivity (Wildman–Crippen MR) is 101 cm³/mol. The summed E-state index contributed by atoms with van der Waals surface area (Å²) in [5.41, 5.74) is 1.43. The molecule has 0 N–H and O–H groups in total. The van der Waals surface area contributed by atoms with Gasteiger partial charge in [0.25, 0.3) is 11.4 Å². The summed E-state index contributed by atoms with van der Waals surface area (Å²) in [6.07, 6.45) is 3.30. The minimum atomic E-state index is -0.129. The molecule has 2 heterocycles. The minimum absolute atomic E-state index is 0.129. The zero-order valence-electron chi connectivity index (χ0n) is 14.7. The van der Waals surface area contributed by atoms with Gasteiger partial charge in [-0.2, -0.15) is 10.1 Å². The molecule has 0 radical (unpaired) electrons. The second-order valence-corrected chi connectivity index (χ2v) is 7.01. The van der Waals surface area contributed by atoms with Gasteiger partial charge < -0.3 is 4.52 Å². The number of nitrogens with zero attached hydrogens (tertiary/aromatic N) is 4. The summed E-state index contributed by atoms with van der Waals surface area (Å²) in [6.45, 7) is 0.389. The number of hydrogen-bond donors (Lipinski definition) is 0. The molecule has 0 atom stereocenters. The summed E-state index contributed by atoms with van der Waals surface area (Å²) in [5.74, 6) is 1.75. The van der Waals surface area contributed by atoms with Crippen LogP contribution in [0.1, 0.15) is 24.2 Å². The fraction of sp³-hybridized carbons (Fsp3) is 0.238. The molecule has 0 aliphatic heterocycles. The number of aromatic nitrogens is 4. The Balaban J connectivity index is 1.63. The molecule has 6 nitrogen and oxygen atoms in total. The third kappa shape index (κ3) is 3.14. The molecule has 0 saturated heterocycles. The minimum Gasteiger partial charge on any atom is -0.332 e. The van der Waals surface area contributed by atoms with Crippen LogP contribution in [-0.2, 0) is 13.0 Å². The van der Waals surface area contributed by atoms with Gasteiger partial charge in [-0.1, -0.05) is 53.7 Å². The average molecular weight is 358 g/mol. The molecule has 0 amide bonds. The molecular weight excluding hydrogens is 340 g/mol. The van der Waals surface area contributed by atoms with Crippen LogP contribution in [0.3, 0.4) is 0 Å². The lowest BCUT2D eigenvalue weighted by Crippen LogP contribution is -2.24. The van der Waals surface area contributed by atoms with E-state index in [1.165, 1.54) is 17.5 Å². The topological polar surface area (TPSA) is 73.8 Å². The fourth-order valence-electron chi connectivity index (χ4n) is 3.27. The van der Waals surface area contributed by atoms with Crippen molar-refractivity contribution >= 4 is 10.8 Å². The Bertz CT molecular complexity index is 1160. The Morgan fingerprint density at radius 2 is 1.74 bits per heavy atom. The van der Waals surface area contributed by atoms with E-state index in [4.69, 9.17) is 4.52 Å². The van der Waals surface area contributed by atoms with Crippen LogP contribution in [0.25, 0.3) is 22.4 Å². The van der Waals surface area contributed by atoms with Gasteiger partial charge in [0.1, 0.15) is 0 Å². The lowest BCUT2D eigenvalue weighted by molar-refractivity contribution is 0.418. The summed E-state index contributed by atoms with van der Waals surface area (Å²) in [4.78, 5) is 17.4. The van der Waals surface area contributed by atoms with Gasteiger partial charge in [-0.25, -0.2) is 4.68 Å². The van der Waals surface area contributed by atoms with Gasteiger partial charge in [0.15, 0.2) is 11.5 Å². The molecule has 0 bridgehead atoms. The van der Waals surface area contributed by atoms with Crippen LogP contribution in [-0.4, -0.2) is 19.9 Å². The first-order valence-corrected chi connectivity index (χ1v) is 9.14. The molecule has 27 heavy (non-hydrogen) atoms. The van der Waals surface area contributed by atoms with E-state index in [0.717, 1.165) is 17.4 Å². The highest BCUT2D eigenvalue weighted by Crippen LogP contribution is 2.32. The molecule has 1 saturated carbocycles. The van der Waals surface area contributed by atoms with Gasteiger partial charge in [0.2, 0.25) is 0 Å². The molecule has 4 aromatic rings. The normalized spacial score (nSPS) is 13.9. The smallest absolute Gasteiger partial charge is 0.279 e. The highest BCUT2D eigenvalue weighted by atomic mass is 16.5.